The van der Waals surface area contributed by atoms with Gasteiger partial charge in [-0.05, 0) is 32.1 Å². The maximum absolute atomic E-state index is 12.2. The summed E-state index contributed by atoms with van der Waals surface area (Å²) in [5, 5.41) is 0. The summed E-state index contributed by atoms with van der Waals surface area (Å²) >= 11 is 0. The van der Waals surface area contributed by atoms with Crippen molar-refractivity contribution in [3.8, 4) is 0 Å². The van der Waals surface area contributed by atoms with Crippen LogP contribution in [0.5, 0.6) is 0 Å². The van der Waals surface area contributed by atoms with Gasteiger partial charge in [0.25, 0.3) is 0 Å². The summed E-state index contributed by atoms with van der Waals surface area (Å²) in [5.74, 6) is -1.14. The molecular weight excluding hydrogens is 549 g/mol. The number of carbonyl (C=O) groups is 3. The number of phosphoric ester groups is 1. The molecule has 0 aliphatic rings. The summed E-state index contributed by atoms with van der Waals surface area (Å²) in [4.78, 5) is 44.6. The van der Waals surface area contributed by atoms with Crippen molar-refractivity contribution in [1.82, 2.24) is 0 Å². The molecule has 0 aromatic rings. The zero-order valence-electron chi connectivity index (χ0n) is 26.1. The smallest absolute Gasteiger partial charge is 0.462 e. The van der Waals surface area contributed by atoms with Crippen LogP contribution in [0.3, 0.4) is 0 Å². The van der Waals surface area contributed by atoms with E-state index in [1.165, 1.54) is 44.9 Å². The van der Waals surface area contributed by atoms with Gasteiger partial charge in [-0.1, -0.05) is 70.4 Å². The van der Waals surface area contributed by atoms with Crippen molar-refractivity contribution in [3.05, 3.63) is 12.2 Å². The topological polar surface area (TPSA) is 125 Å². The van der Waals surface area contributed by atoms with Crippen LogP contribution < -0.4 is 0 Å². The number of allylic oxidation sites excluding steroid dienone is 2. The minimum atomic E-state index is -4.39. The molecule has 1 unspecified atom stereocenters. The first kappa shape index (κ1) is 39.4. The van der Waals surface area contributed by atoms with Gasteiger partial charge in [0.05, 0.1) is 34.2 Å². The highest BCUT2D eigenvalue weighted by atomic mass is 31.2. The SMILES string of the molecule is CCCCCCCC/C=C\CCCCCCCC(=O)OC[C@H](COP(=O)(O)OCC[N+](C)(C)C)OC(=O)CCC=O. The van der Waals surface area contributed by atoms with Crippen LogP contribution in [0.4, 0.5) is 0 Å². The number of likely N-dealkylation sites (N-methyl/N-ethyl adjacent to an activating group) is 1. The van der Waals surface area contributed by atoms with Crippen molar-refractivity contribution in [2.24, 2.45) is 0 Å². The maximum atomic E-state index is 12.2. The van der Waals surface area contributed by atoms with Crippen molar-refractivity contribution < 1.29 is 46.8 Å². The lowest BCUT2D eigenvalue weighted by molar-refractivity contribution is -0.870. The normalized spacial score (nSPS) is 14.1. The summed E-state index contributed by atoms with van der Waals surface area (Å²) in [6.07, 6.45) is 19.2. The van der Waals surface area contributed by atoms with E-state index in [0.717, 1.165) is 32.1 Å². The molecule has 0 heterocycles. The minimum absolute atomic E-state index is 0.00793. The average molecular weight is 607 g/mol. The van der Waals surface area contributed by atoms with E-state index in [0.29, 0.717) is 23.7 Å². The molecule has 11 heteroatoms. The molecule has 0 bridgehead atoms. The lowest BCUT2D eigenvalue weighted by Crippen LogP contribution is -2.37. The highest BCUT2D eigenvalue weighted by Crippen LogP contribution is 2.43. The lowest BCUT2D eigenvalue weighted by atomic mass is 10.1. The highest BCUT2D eigenvalue weighted by Gasteiger charge is 2.27. The number of hydrogen-bond donors (Lipinski definition) is 1. The van der Waals surface area contributed by atoms with Crippen molar-refractivity contribution in [1.29, 1.82) is 0 Å². The summed E-state index contributed by atoms with van der Waals surface area (Å²) in [6.45, 7) is 1.89. The second-order valence-corrected chi connectivity index (χ2v) is 12.9. The molecule has 0 aromatic heterocycles. The van der Waals surface area contributed by atoms with Crippen LogP contribution >= 0.6 is 7.82 Å². The van der Waals surface area contributed by atoms with E-state index in [9.17, 15) is 23.8 Å². The molecule has 0 aliphatic heterocycles. The number of unbranched alkanes of at least 4 members (excludes halogenated alkanes) is 11. The predicted molar refractivity (Wildman–Crippen MR) is 160 cm³/mol. The van der Waals surface area contributed by atoms with Crippen LogP contribution in [0.15, 0.2) is 12.2 Å². The zero-order chi connectivity index (χ0) is 30.8. The summed E-state index contributed by atoms with van der Waals surface area (Å²) in [5.41, 5.74) is 0. The molecule has 0 aromatic carbocycles. The Morgan fingerprint density at radius 1 is 0.780 bits per heavy atom. The number of esters is 2. The number of quaternary nitrogens is 1. The fraction of sp³-hybridized carbons (Fsp3) is 0.833. The van der Waals surface area contributed by atoms with E-state index in [1.54, 1.807) is 0 Å². The van der Waals surface area contributed by atoms with Crippen LogP contribution in [0, 0.1) is 0 Å². The summed E-state index contributed by atoms with van der Waals surface area (Å²) in [7, 11) is 1.34. The molecule has 0 amide bonds. The fourth-order valence-electron chi connectivity index (χ4n) is 3.78. The van der Waals surface area contributed by atoms with Crippen LogP contribution in [-0.4, -0.2) is 81.2 Å². The van der Waals surface area contributed by atoms with Gasteiger partial charge in [0, 0.05) is 12.8 Å². The molecular formula is C30H57NO9P+. The average Bonchev–Trinajstić information content (AvgIpc) is 2.90. The molecule has 0 spiro atoms. The molecule has 0 saturated carbocycles. The van der Waals surface area contributed by atoms with Crippen molar-refractivity contribution >= 4 is 26.0 Å². The van der Waals surface area contributed by atoms with Gasteiger partial charge in [0.2, 0.25) is 0 Å². The molecule has 240 valence electrons. The minimum Gasteiger partial charge on any atom is -0.462 e. The van der Waals surface area contributed by atoms with E-state index in [4.69, 9.17) is 18.5 Å². The van der Waals surface area contributed by atoms with Crippen LogP contribution in [0.1, 0.15) is 110 Å². The maximum Gasteiger partial charge on any atom is 0.472 e. The number of phosphoric acid groups is 1. The third-order valence-corrected chi connectivity index (χ3v) is 7.26. The molecule has 1 N–H and O–H groups in total. The molecule has 0 radical (unpaired) electrons. The van der Waals surface area contributed by atoms with Gasteiger partial charge in [-0.2, -0.15) is 0 Å². The van der Waals surface area contributed by atoms with Crippen molar-refractivity contribution in [2.45, 2.75) is 116 Å². The third-order valence-electron chi connectivity index (χ3n) is 6.28. The first-order valence-electron chi connectivity index (χ1n) is 15.3. The molecule has 10 nitrogen and oxygen atoms in total. The molecule has 0 fully saturated rings. The van der Waals surface area contributed by atoms with Crippen LogP contribution in [0.2, 0.25) is 0 Å². The number of carbonyl (C=O) groups excluding carboxylic acids is 3. The van der Waals surface area contributed by atoms with E-state index in [1.807, 2.05) is 21.1 Å². The Bertz CT molecular complexity index is 768. The Morgan fingerprint density at radius 3 is 1.95 bits per heavy atom. The Kier molecular flexibility index (Phi) is 24.0. The molecule has 2 atom stereocenters. The predicted octanol–water partition coefficient (Wildman–Crippen LogP) is 6.30. The van der Waals surface area contributed by atoms with Crippen molar-refractivity contribution in [3.63, 3.8) is 0 Å². The van der Waals surface area contributed by atoms with Crippen LogP contribution in [-0.2, 0) is 37.5 Å². The van der Waals surface area contributed by atoms with Gasteiger partial charge < -0.3 is 23.6 Å². The Hall–Kier alpha value is -1.58. The summed E-state index contributed by atoms with van der Waals surface area (Å²) < 4.78 is 33.1. The number of nitrogens with zero attached hydrogens (tertiary/aromatic N) is 1. The first-order chi connectivity index (χ1) is 19.5. The second-order valence-electron chi connectivity index (χ2n) is 11.4. The van der Waals surface area contributed by atoms with Crippen LogP contribution in [0.25, 0.3) is 0 Å². The van der Waals surface area contributed by atoms with Gasteiger partial charge >= 0.3 is 19.8 Å². The fourth-order valence-corrected chi connectivity index (χ4v) is 4.52. The Labute approximate surface area is 248 Å². The van der Waals surface area contributed by atoms with Gasteiger partial charge in [-0.25, -0.2) is 4.57 Å². The van der Waals surface area contributed by atoms with E-state index in [2.05, 4.69) is 19.1 Å². The first-order valence-corrected chi connectivity index (χ1v) is 16.8. The van der Waals surface area contributed by atoms with Crippen molar-refractivity contribution in [2.75, 3.05) is 47.5 Å². The molecule has 0 rings (SSSR count). The molecule has 0 saturated heterocycles. The Balaban J connectivity index is 4.19. The van der Waals surface area contributed by atoms with Gasteiger partial charge in [0.1, 0.15) is 26.0 Å². The Morgan fingerprint density at radius 2 is 1.37 bits per heavy atom. The number of hydrogen-bond acceptors (Lipinski definition) is 8. The largest absolute Gasteiger partial charge is 0.472 e. The standard InChI is InChI=1S/C30H56NO9P/c1-5-6-7-8-9-10-11-12-13-14-15-16-17-18-19-21-29(33)37-26-28(40-30(34)22-20-24-32)27-39-41(35,36)38-25-23-31(2,3)4/h12-13,24,28H,5-11,14-23,25-27H2,1-4H3/p+1/b13-12-/t28-/m1/s1. The van der Waals surface area contributed by atoms with Gasteiger partial charge in [0.15, 0.2) is 6.10 Å². The zero-order valence-corrected chi connectivity index (χ0v) is 27.0. The quantitative estimate of drug-likeness (QED) is 0.0273. The molecule has 0 aliphatic carbocycles. The number of ether oxygens (including phenoxy) is 2. The monoisotopic (exact) mass is 606 g/mol. The van der Waals surface area contributed by atoms with Gasteiger partial charge in [-0.15, -0.1) is 0 Å². The van der Waals surface area contributed by atoms with E-state index < -0.39 is 32.5 Å². The lowest BCUT2D eigenvalue weighted by Gasteiger charge is -2.24. The number of aldehydes is 1. The van der Waals surface area contributed by atoms with Gasteiger partial charge in [-0.3, -0.25) is 18.6 Å². The second kappa shape index (κ2) is 25.0. The highest BCUT2D eigenvalue weighted by molar-refractivity contribution is 7.47. The summed E-state index contributed by atoms with van der Waals surface area (Å²) in [6, 6.07) is 0. The van der Waals surface area contributed by atoms with E-state index in [-0.39, 0.29) is 32.5 Å². The molecule has 41 heavy (non-hydrogen) atoms. The number of rotatable bonds is 28. The van der Waals surface area contributed by atoms with E-state index >= 15 is 0 Å². The third kappa shape index (κ3) is 28.3.